The van der Waals surface area contributed by atoms with Gasteiger partial charge in [0.15, 0.2) is 0 Å². The van der Waals surface area contributed by atoms with Gasteiger partial charge in [0.05, 0.1) is 0 Å². The minimum atomic E-state index is -0.0616. The smallest absolute Gasteiger partial charge is 0.314 e. The predicted molar refractivity (Wildman–Crippen MR) is 102 cm³/mol. The summed E-state index contributed by atoms with van der Waals surface area (Å²) in [6, 6.07) is 8.37. The third-order valence-corrected chi connectivity index (χ3v) is 6.85. The Labute approximate surface area is 148 Å². The molecule has 2 aromatic heterocycles. The van der Waals surface area contributed by atoms with Crippen molar-refractivity contribution in [3.63, 3.8) is 0 Å². The Morgan fingerprint density at radius 2 is 1.41 bits per heavy atom. The van der Waals surface area contributed by atoms with E-state index in [4.69, 9.17) is 0 Å². The molecule has 0 saturated heterocycles. The number of nitrogens with one attached hydrogen (secondary N) is 2. The van der Waals surface area contributed by atoms with Crippen molar-refractivity contribution in [1.82, 2.24) is 10.6 Å². The Morgan fingerprint density at radius 3 is 1.82 bits per heavy atom. The zero-order valence-electron chi connectivity index (χ0n) is 12.2. The van der Waals surface area contributed by atoms with Crippen molar-refractivity contribution >= 4 is 52.2 Å². The van der Waals surface area contributed by atoms with Gasteiger partial charge in [-0.2, -0.15) is 23.5 Å². The first-order chi connectivity index (χ1) is 10.8. The highest BCUT2D eigenvalue weighted by Crippen LogP contribution is 2.17. The number of hydrogen-bond donors (Lipinski definition) is 2. The predicted octanol–water partition coefficient (Wildman–Crippen LogP) is 4.28. The van der Waals surface area contributed by atoms with E-state index >= 15 is 0 Å². The second kappa shape index (κ2) is 11.0. The molecule has 2 heterocycles. The van der Waals surface area contributed by atoms with E-state index in [9.17, 15) is 4.79 Å². The molecule has 2 aromatic rings. The van der Waals surface area contributed by atoms with Crippen LogP contribution in [0.1, 0.15) is 9.75 Å². The summed E-state index contributed by atoms with van der Waals surface area (Å²) in [5.41, 5.74) is 0. The molecule has 0 aromatic carbocycles. The summed E-state index contributed by atoms with van der Waals surface area (Å²) in [6.45, 7) is 1.43. The summed E-state index contributed by atoms with van der Waals surface area (Å²) in [4.78, 5) is 14.4. The van der Waals surface area contributed by atoms with E-state index in [1.54, 1.807) is 22.7 Å². The van der Waals surface area contributed by atoms with E-state index in [1.807, 2.05) is 23.5 Å². The van der Waals surface area contributed by atoms with Crippen LogP contribution in [0.15, 0.2) is 35.0 Å². The van der Waals surface area contributed by atoms with Crippen LogP contribution in [0.3, 0.4) is 0 Å². The fourth-order valence-electron chi connectivity index (χ4n) is 1.67. The van der Waals surface area contributed by atoms with E-state index in [1.165, 1.54) is 9.75 Å². The van der Waals surface area contributed by atoms with Crippen molar-refractivity contribution < 1.29 is 4.79 Å². The van der Waals surface area contributed by atoms with Crippen LogP contribution < -0.4 is 10.6 Å². The highest BCUT2D eigenvalue weighted by molar-refractivity contribution is 7.98. The highest BCUT2D eigenvalue weighted by atomic mass is 32.2. The average molecular weight is 373 g/mol. The zero-order valence-corrected chi connectivity index (χ0v) is 15.5. The van der Waals surface area contributed by atoms with Crippen molar-refractivity contribution in [2.24, 2.45) is 0 Å². The number of thiophene rings is 2. The SMILES string of the molecule is O=C(NCCSCc1cccs1)NCCSCc1cccs1. The van der Waals surface area contributed by atoms with E-state index in [-0.39, 0.29) is 6.03 Å². The van der Waals surface area contributed by atoms with Crippen molar-refractivity contribution in [1.29, 1.82) is 0 Å². The van der Waals surface area contributed by atoms with Crippen LogP contribution in [0.25, 0.3) is 0 Å². The van der Waals surface area contributed by atoms with Gasteiger partial charge in [0.2, 0.25) is 0 Å². The Morgan fingerprint density at radius 1 is 0.909 bits per heavy atom. The summed E-state index contributed by atoms with van der Waals surface area (Å²) in [7, 11) is 0. The van der Waals surface area contributed by atoms with Gasteiger partial charge in [-0.15, -0.1) is 22.7 Å². The standard InChI is InChI=1S/C15H20N2OS4/c18-15(16-5-9-19-11-13-3-1-7-21-13)17-6-10-20-12-14-4-2-8-22-14/h1-4,7-8H,5-6,9-12H2,(H2,16,17,18). The number of urea groups is 1. The number of rotatable bonds is 10. The number of carbonyl (C=O) groups excluding carboxylic acids is 1. The van der Waals surface area contributed by atoms with Crippen LogP contribution in [-0.2, 0) is 11.5 Å². The fraction of sp³-hybridized carbons (Fsp3) is 0.400. The van der Waals surface area contributed by atoms with Crippen LogP contribution in [0.2, 0.25) is 0 Å². The molecule has 0 bridgehead atoms. The second-order valence-corrected chi connectivity index (χ2v) is 8.72. The van der Waals surface area contributed by atoms with Crippen LogP contribution >= 0.6 is 46.2 Å². The molecule has 0 aliphatic heterocycles. The Bertz CT molecular complexity index is 467. The molecule has 0 aliphatic rings. The molecule has 0 radical (unpaired) electrons. The van der Waals surface area contributed by atoms with Crippen molar-refractivity contribution in [2.75, 3.05) is 24.6 Å². The van der Waals surface area contributed by atoms with Crippen LogP contribution in [0.5, 0.6) is 0 Å². The van der Waals surface area contributed by atoms with Gasteiger partial charge in [-0.1, -0.05) is 12.1 Å². The molecule has 0 atom stereocenters. The first-order valence-electron chi connectivity index (χ1n) is 7.06. The molecule has 2 amide bonds. The monoisotopic (exact) mass is 372 g/mol. The Hall–Kier alpha value is -0.630. The van der Waals surface area contributed by atoms with Gasteiger partial charge < -0.3 is 10.6 Å². The van der Waals surface area contributed by atoms with Gasteiger partial charge in [0, 0.05) is 45.9 Å². The quantitative estimate of drug-likeness (QED) is 0.612. The van der Waals surface area contributed by atoms with Crippen LogP contribution in [0, 0.1) is 0 Å². The minimum absolute atomic E-state index is 0.0616. The highest BCUT2D eigenvalue weighted by Gasteiger charge is 2.00. The topological polar surface area (TPSA) is 41.1 Å². The van der Waals surface area contributed by atoms with Gasteiger partial charge >= 0.3 is 6.03 Å². The lowest BCUT2D eigenvalue weighted by Crippen LogP contribution is -2.37. The summed E-state index contributed by atoms with van der Waals surface area (Å²) in [6.07, 6.45) is 0. The van der Waals surface area contributed by atoms with E-state index in [0.29, 0.717) is 13.1 Å². The van der Waals surface area contributed by atoms with Crippen LogP contribution in [-0.4, -0.2) is 30.6 Å². The average Bonchev–Trinajstić information content (AvgIpc) is 3.19. The molecule has 0 fully saturated rings. The second-order valence-electron chi connectivity index (χ2n) is 4.45. The van der Waals surface area contributed by atoms with Gasteiger partial charge in [0.1, 0.15) is 0 Å². The minimum Gasteiger partial charge on any atom is -0.337 e. The molecule has 3 nitrogen and oxygen atoms in total. The third-order valence-electron chi connectivity index (χ3n) is 2.71. The number of hydrogen-bond acceptors (Lipinski definition) is 5. The molecular formula is C15H20N2OS4. The molecule has 120 valence electrons. The maximum absolute atomic E-state index is 11.6. The molecule has 0 saturated carbocycles. The molecule has 2 rings (SSSR count). The molecule has 7 heteroatoms. The lowest BCUT2D eigenvalue weighted by atomic mass is 10.5. The lowest BCUT2D eigenvalue weighted by Gasteiger charge is -2.07. The zero-order chi connectivity index (χ0) is 15.5. The number of thioether (sulfide) groups is 2. The fourth-order valence-corrected chi connectivity index (χ4v) is 5.07. The summed E-state index contributed by atoms with van der Waals surface area (Å²) in [5.74, 6) is 3.94. The molecule has 0 unspecified atom stereocenters. The molecule has 0 aliphatic carbocycles. The molecular weight excluding hydrogens is 352 g/mol. The van der Waals surface area contributed by atoms with Crippen molar-refractivity contribution in [2.45, 2.75) is 11.5 Å². The van der Waals surface area contributed by atoms with Gasteiger partial charge in [-0.3, -0.25) is 0 Å². The maximum Gasteiger partial charge on any atom is 0.314 e. The van der Waals surface area contributed by atoms with Gasteiger partial charge in [0.25, 0.3) is 0 Å². The lowest BCUT2D eigenvalue weighted by molar-refractivity contribution is 0.242. The first kappa shape index (κ1) is 17.7. The van der Waals surface area contributed by atoms with E-state index in [0.717, 1.165) is 23.0 Å². The molecule has 2 N–H and O–H groups in total. The number of carbonyl (C=O) groups is 1. The van der Waals surface area contributed by atoms with Gasteiger partial charge in [-0.05, 0) is 22.9 Å². The van der Waals surface area contributed by atoms with E-state index in [2.05, 4.69) is 45.7 Å². The van der Waals surface area contributed by atoms with Crippen molar-refractivity contribution in [3.8, 4) is 0 Å². The van der Waals surface area contributed by atoms with Crippen LogP contribution in [0.4, 0.5) is 4.79 Å². The first-order valence-corrected chi connectivity index (χ1v) is 11.1. The largest absolute Gasteiger partial charge is 0.337 e. The summed E-state index contributed by atoms with van der Waals surface area (Å²) in [5, 5.41) is 9.98. The summed E-state index contributed by atoms with van der Waals surface area (Å²) >= 11 is 7.26. The molecule has 0 spiro atoms. The van der Waals surface area contributed by atoms with Gasteiger partial charge in [-0.25, -0.2) is 4.79 Å². The summed E-state index contributed by atoms with van der Waals surface area (Å²) < 4.78 is 0. The Balaban J connectivity index is 1.39. The van der Waals surface area contributed by atoms with Crippen molar-refractivity contribution in [3.05, 3.63) is 44.8 Å². The Kier molecular flexibility index (Phi) is 8.85. The molecule has 22 heavy (non-hydrogen) atoms. The van der Waals surface area contributed by atoms with E-state index < -0.39 is 0 Å². The maximum atomic E-state index is 11.6. The number of amides is 2. The normalized spacial score (nSPS) is 10.5. The third kappa shape index (κ3) is 7.58.